The Balaban J connectivity index is 2.27. The second-order valence-electron chi connectivity index (χ2n) is 5.33. The molecule has 5 heteroatoms. The fourth-order valence-corrected chi connectivity index (χ4v) is 1.91. The highest BCUT2D eigenvalue weighted by molar-refractivity contribution is 5.78. The first-order valence-electron chi connectivity index (χ1n) is 6.75. The van der Waals surface area contributed by atoms with Gasteiger partial charge in [-0.25, -0.2) is 0 Å². The summed E-state index contributed by atoms with van der Waals surface area (Å²) in [5.41, 5.74) is -0.838. The number of nitrogens with one attached hydrogen (secondary N) is 1. The molecule has 1 fully saturated rings. The van der Waals surface area contributed by atoms with Crippen molar-refractivity contribution in [3.8, 4) is 0 Å². The average Bonchev–Trinajstić information content (AvgIpc) is 2.36. The Morgan fingerprint density at radius 1 is 1.50 bits per heavy atom. The van der Waals surface area contributed by atoms with E-state index in [1.807, 2.05) is 13.8 Å². The fraction of sp³-hybridized carbons (Fsp3) is 0.923. The lowest BCUT2D eigenvalue weighted by Gasteiger charge is -2.31. The number of nitrogens with zero attached hydrogens (tertiary/aromatic N) is 1. The van der Waals surface area contributed by atoms with Crippen molar-refractivity contribution >= 4 is 5.91 Å². The van der Waals surface area contributed by atoms with E-state index >= 15 is 0 Å². The zero-order valence-corrected chi connectivity index (χ0v) is 11.7. The Morgan fingerprint density at radius 2 is 2.11 bits per heavy atom. The summed E-state index contributed by atoms with van der Waals surface area (Å²) in [6.07, 6.45) is 0.895. The van der Waals surface area contributed by atoms with Gasteiger partial charge in [0.05, 0.1) is 25.4 Å². The molecule has 0 radical (unpaired) electrons. The normalized spacial score (nSPS) is 22.2. The number of morpholine rings is 1. The van der Waals surface area contributed by atoms with Crippen LogP contribution in [-0.4, -0.2) is 60.9 Å². The molecule has 1 heterocycles. The fourth-order valence-electron chi connectivity index (χ4n) is 1.91. The topological polar surface area (TPSA) is 61.8 Å². The monoisotopic (exact) mass is 258 g/mol. The maximum Gasteiger partial charge on any atom is 0.234 e. The van der Waals surface area contributed by atoms with Crippen LogP contribution in [0.25, 0.3) is 0 Å². The number of carbonyl (C=O) groups excluding carboxylic acids is 1. The van der Waals surface area contributed by atoms with E-state index in [1.165, 1.54) is 0 Å². The summed E-state index contributed by atoms with van der Waals surface area (Å²) in [6.45, 7) is 9.49. The molecule has 0 spiro atoms. The number of rotatable bonds is 6. The Bertz CT molecular complexity index is 263. The maximum atomic E-state index is 11.8. The van der Waals surface area contributed by atoms with E-state index in [1.54, 1.807) is 6.92 Å². The summed E-state index contributed by atoms with van der Waals surface area (Å²) in [6, 6.07) is 0. The van der Waals surface area contributed by atoms with E-state index in [9.17, 15) is 9.90 Å². The lowest BCUT2D eigenvalue weighted by Crippen LogP contribution is -2.49. The molecule has 0 aromatic heterocycles. The van der Waals surface area contributed by atoms with Crippen LogP contribution in [0.3, 0.4) is 0 Å². The van der Waals surface area contributed by atoms with Crippen molar-refractivity contribution in [1.82, 2.24) is 10.2 Å². The molecule has 0 aromatic carbocycles. The maximum absolute atomic E-state index is 11.8. The van der Waals surface area contributed by atoms with E-state index in [0.717, 1.165) is 19.5 Å². The minimum absolute atomic E-state index is 0.0273. The number of amides is 1. The highest BCUT2D eigenvalue weighted by Gasteiger charge is 2.27. The third-order valence-electron chi connectivity index (χ3n) is 3.79. The van der Waals surface area contributed by atoms with Gasteiger partial charge in [0, 0.05) is 19.6 Å². The Morgan fingerprint density at radius 3 is 2.67 bits per heavy atom. The first-order valence-corrected chi connectivity index (χ1v) is 6.75. The van der Waals surface area contributed by atoms with E-state index < -0.39 is 5.60 Å². The van der Waals surface area contributed by atoms with Crippen molar-refractivity contribution in [1.29, 1.82) is 0 Å². The summed E-state index contributed by atoms with van der Waals surface area (Å²) in [7, 11) is 0. The molecule has 2 unspecified atom stereocenters. The number of hydrogen-bond donors (Lipinski definition) is 2. The molecule has 0 aromatic rings. The summed E-state index contributed by atoms with van der Waals surface area (Å²) < 4.78 is 5.23. The molecule has 5 nitrogen and oxygen atoms in total. The summed E-state index contributed by atoms with van der Waals surface area (Å²) >= 11 is 0. The van der Waals surface area contributed by atoms with Gasteiger partial charge < -0.3 is 15.2 Å². The molecule has 18 heavy (non-hydrogen) atoms. The van der Waals surface area contributed by atoms with Gasteiger partial charge in [0.2, 0.25) is 5.91 Å². The van der Waals surface area contributed by atoms with Crippen LogP contribution in [0.1, 0.15) is 27.2 Å². The number of hydrogen-bond acceptors (Lipinski definition) is 4. The Kier molecular flexibility index (Phi) is 6.05. The van der Waals surface area contributed by atoms with Crippen molar-refractivity contribution < 1.29 is 14.6 Å². The van der Waals surface area contributed by atoms with Crippen molar-refractivity contribution in [3.63, 3.8) is 0 Å². The van der Waals surface area contributed by atoms with Crippen molar-refractivity contribution in [2.75, 3.05) is 39.4 Å². The van der Waals surface area contributed by atoms with Crippen LogP contribution in [0, 0.1) is 5.92 Å². The van der Waals surface area contributed by atoms with Crippen molar-refractivity contribution in [3.05, 3.63) is 0 Å². The van der Waals surface area contributed by atoms with Crippen LogP contribution in [0.5, 0.6) is 0 Å². The van der Waals surface area contributed by atoms with E-state index in [2.05, 4.69) is 10.2 Å². The molecule has 1 amide bonds. The zero-order chi connectivity index (χ0) is 13.6. The van der Waals surface area contributed by atoms with Gasteiger partial charge in [-0.2, -0.15) is 0 Å². The quantitative estimate of drug-likeness (QED) is 0.716. The SMILES string of the molecule is CCC(C)C(C)(O)CNC(=O)CN1CCOCC1. The molecular formula is C13H26N2O3. The van der Waals surface area contributed by atoms with Gasteiger partial charge in [-0.05, 0) is 12.8 Å². The minimum atomic E-state index is -0.838. The molecule has 1 aliphatic rings. The van der Waals surface area contributed by atoms with Crippen LogP contribution in [0.15, 0.2) is 0 Å². The van der Waals surface area contributed by atoms with Gasteiger partial charge in [-0.15, -0.1) is 0 Å². The largest absolute Gasteiger partial charge is 0.388 e. The number of carbonyl (C=O) groups is 1. The van der Waals surface area contributed by atoms with Crippen LogP contribution < -0.4 is 5.32 Å². The molecular weight excluding hydrogens is 232 g/mol. The van der Waals surface area contributed by atoms with Gasteiger partial charge in [0.15, 0.2) is 0 Å². The summed E-state index contributed by atoms with van der Waals surface area (Å²) in [5, 5.41) is 13.0. The van der Waals surface area contributed by atoms with Gasteiger partial charge in [-0.1, -0.05) is 20.3 Å². The van der Waals surface area contributed by atoms with Gasteiger partial charge in [0.25, 0.3) is 0 Å². The second-order valence-corrected chi connectivity index (χ2v) is 5.33. The van der Waals surface area contributed by atoms with E-state index in [4.69, 9.17) is 4.74 Å². The molecule has 106 valence electrons. The lowest BCUT2D eigenvalue weighted by molar-refractivity contribution is -0.124. The number of aliphatic hydroxyl groups is 1. The first-order chi connectivity index (χ1) is 8.45. The predicted octanol–water partition coefficient (Wildman–Crippen LogP) is 0.232. The van der Waals surface area contributed by atoms with Gasteiger partial charge in [-0.3, -0.25) is 9.69 Å². The number of ether oxygens (including phenoxy) is 1. The third-order valence-corrected chi connectivity index (χ3v) is 3.79. The average molecular weight is 258 g/mol. The highest BCUT2D eigenvalue weighted by Crippen LogP contribution is 2.18. The highest BCUT2D eigenvalue weighted by atomic mass is 16.5. The molecule has 1 saturated heterocycles. The Hall–Kier alpha value is -0.650. The van der Waals surface area contributed by atoms with Crippen LogP contribution in [0.4, 0.5) is 0 Å². The Labute approximate surface area is 109 Å². The molecule has 0 aliphatic carbocycles. The summed E-state index contributed by atoms with van der Waals surface area (Å²) in [4.78, 5) is 13.8. The van der Waals surface area contributed by atoms with E-state index in [-0.39, 0.29) is 11.8 Å². The molecule has 2 atom stereocenters. The molecule has 1 rings (SSSR count). The van der Waals surface area contributed by atoms with E-state index in [0.29, 0.717) is 26.3 Å². The van der Waals surface area contributed by atoms with Gasteiger partial charge in [0.1, 0.15) is 0 Å². The molecule has 2 N–H and O–H groups in total. The first kappa shape index (κ1) is 15.4. The van der Waals surface area contributed by atoms with Gasteiger partial charge >= 0.3 is 0 Å². The smallest absolute Gasteiger partial charge is 0.234 e. The van der Waals surface area contributed by atoms with Crippen LogP contribution >= 0.6 is 0 Å². The van der Waals surface area contributed by atoms with Crippen molar-refractivity contribution in [2.24, 2.45) is 5.92 Å². The predicted molar refractivity (Wildman–Crippen MR) is 70.3 cm³/mol. The van der Waals surface area contributed by atoms with Crippen LogP contribution in [-0.2, 0) is 9.53 Å². The molecule has 0 saturated carbocycles. The summed E-state index contributed by atoms with van der Waals surface area (Å²) in [5.74, 6) is 0.140. The second kappa shape index (κ2) is 7.07. The lowest BCUT2D eigenvalue weighted by atomic mass is 9.89. The molecule has 1 aliphatic heterocycles. The van der Waals surface area contributed by atoms with Crippen molar-refractivity contribution in [2.45, 2.75) is 32.8 Å². The van der Waals surface area contributed by atoms with Crippen LogP contribution in [0.2, 0.25) is 0 Å². The minimum Gasteiger partial charge on any atom is -0.388 e. The molecule has 0 bridgehead atoms. The standard InChI is InChI=1S/C13H26N2O3/c1-4-11(2)13(3,17)10-14-12(16)9-15-5-7-18-8-6-15/h11,17H,4-10H2,1-3H3,(H,14,16). The third kappa shape index (κ3) is 4.92. The zero-order valence-electron chi connectivity index (χ0n) is 11.7.